The predicted octanol–water partition coefficient (Wildman–Crippen LogP) is 0.730. The third kappa shape index (κ3) is 5.14. The molecule has 0 atom stereocenters. The molecule has 1 amide bonds. The number of hydrogen-bond donors (Lipinski definition) is 2. The Kier molecular flexibility index (Phi) is 5.05. The number of ether oxygens (including phenoxy) is 1. The normalized spacial score (nSPS) is 12.0. The molecule has 1 aromatic rings. The summed E-state index contributed by atoms with van der Waals surface area (Å²) in [6.07, 6.45) is -4.62. The second-order valence-electron chi connectivity index (χ2n) is 4.05. The average molecular weight is 326 g/mol. The highest BCUT2D eigenvalue weighted by Gasteiger charge is 2.29. The highest BCUT2D eigenvalue weighted by molar-refractivity contribution is 7.92. The van der Waals surface area contributed by atoms with Crippen LogP contribution in [0, 0.1) is 0 Å². The minimum absolute atomic E-state index is 0.126. The molecule has 0 spiro atoms. The van der Waals surface area contributed by atoms with Crippen LogP contribution in [0.2, 0.25) is 0 Å². The number of benzene rings is 1. The van der Waals surface area contributed by atoms with E-state index in [1.165, 1.54) is 24.6 Å². The number of hydrogen-bond acceptors (Lipinski definition) is 5. The second-order valence-corrected chi connectivity index (χ2v) is 6.01. The first kappa shape index (κ1) is 17.1. The Hall–Kier alpha value is -1.97. The molecular weight excluding hydrogens is 313 g/mol. The van der Waals surface area contributed by atoms with Crippen molar-refractivity contribution in [2.24, 2.45) is 0 Å². The molecule has 0 radical (unpaired) electrons. The second kappa shape index (κ2) is 6.20. The number of rotatable bonds is 5. The number of nitrogens with two attached hydrogens (primary N) is 1. The molecule has 0 aliphatic carbocycles. The topological polar surface area (TPSA) is 98.5 Å². The maximum absolute atomic E-state index is 12.0. The molecule has 0 saturated carbocycles. The molecular formula is C11H13F3N2O4S. The van der Waals surface area contributed by atoms with E-state index in [0.29, 0.717) is 0 Å². The van der Waals surface area contributed by atoms with Crippen molar-refractivity contribution in [2.75, 3.05) is 25.1 Å². The van der Waals surface area contributed by atoms with Crippen molar-refractivity contribution < 1.29 is 31.1 Å². The molecule has 6 nitrogen and oxygen atoms in total. The average Bonchev–Trinajstić information content (AvgIpc) is 2.35. The van der Waals surface area contributed by atoms with Crippen molar-refractivity contribution in [1.29, 1.82) is 0 Å². The summed E-state index contributed by atoms with van der Waals surface area (Å²) in [7, 11) is -2.87. The van der Waals surface area contributed by atoms with Crippen LogP contribution >= 0.6 is 0 Å². The van der Waals surface area contributed by atoms with Crippen molar-refractivity contribution in [2.45, 2.75) is 11.1 Å². The molecule has 0 saturated heterocycles. The van der Waals surface area contributed by atoms with Gasteiger partial charge in [0.25, 0.3) is 0 Å². The lowest BCUT2D eigenvalue weighted by atomic mass is 10.3. The van der Waals surface area contributed by atoms with E-state index in [2.05, 4.69) is 0 Å². The summed E-state index contributed by atoms with van der Waals surface area (Å²) < 4.78 is 64.6. The van der Waals surface area contributed by atoms with Crippen LogP contribution in [-0.2, 0) is 14.6 Å². The summed E-state index contributed by atoms with van der Waals surface area (Å²) in [6, 6.07) is 3.78. The van der Waals surface area contributed by atoms with E-state index in [1.54, 1.807) is 0 Å². The summed E-state index contributed by atoms with van der Waals surface area (Å²) in [6.45, 7) is -1.60. The summed E-state index contributed by atoms with van der Waals surface area (Å²) in [4.78, 5) is 10.9. The van der Waals surface area contributed by atoms with Gasteiger partial charge in [-0.05, 0) is 12.1 Å². The van der Waals surface area contributed by atoms with E-state index in [9.17, 15) is 26.4 Å². The lowest BCUT2D eigenvalue weighted by Gasteiger charge is -2.11. The van der Waals surface area contributed by atoms with Gasteiger partial charge in [0, 0.05) is 6.07 Å². The first-order valence-electron chi connectivity index (χ1n) is 5.55. The zero-order valence-corrected chi connectivity index (χ0v) is 11.7. The van der Waals surface area contributed by atoms with Crippen molar-refractivity contribution in [1.82, 2.24) is 5.32 Å². The molecule has 21 heavy (non-hydrogen) atoms. The standard InChI is InChI=1S/C11H13F3N2O4S/c1-20-7-2-3-8(15)9(4-7)21(18,19)5-10(17)16-6-11(12,13)14/h2-4H,5-6,15H2,1H3,(H,16,17). The number of anilines is 1. The number of halogens is 3. The molecule has 0 aliphatic heterocycles. The third-order valence-corrected chi connectivity index (χ3v) is 4.03. The summed E-state index contributed by atoms with van der Waals surface area (Å²) in [5, 5.41) is 1.48. The molecule has 1 aromatic carbocycles. The monoisotopic (exact) mass is 326 g/mol. The van der Waals surface area contributed by atoms with Crippen LogP contribution in [0.5, 0.6) is 5.75 Å². The Labute approximate surface area is 119 Å². The maximum atomic E-state index is 12.0. The van der Waals surface area contributed by atoms with Gasteiger partial charge in [0.15, 0.2) is 9.84 Å². The van der Waals surface area contributed by atoms with Gasteiger partial charge in [-0.2, -0.15) is 13.2 Å². The molecule has 0 aliphatic rings. The summed E-state index contributed by atoms with van der Waals surface area (Å²) in [5.74, 6) is -2.21. The van der Waals surface area contributed by atoms with Gasteiger partial charge in [-0.25, -0.2) is 8.42 Å². The number of nitrogens with one attached hydrogen (secondary N) is 1. The Bertz CT molecular complexity index is 629. The predicted molar refractivity (Wildman–Crippen MR) is 68.5 cm³/mol. The van der Waals surface area contributed by atoms with Gasteiger partial charge in [-0.3, -0.25) is 4.79 Å². The minimum Gasteiger partial charge on any atom is -0.497 e. The highest BCUT2D eigenvalue weighted by Crippen LogP contribution is 2.25. The van der Waals surface area contributed by atoms with Crippen LogP contribution in [0.3, 0.4) is 0 Å². The number of carbonyl (C=O) groups excluding carboxylic acids is 1. The zero-order chi connectivity index (χ0) is 16.3. The number of methoxy groups -OCH3 is 1. The van der Waals surface area contributed by atoms with Crippen molar-refractivity contribution in [3.05, 3.63) is 18.2 Å². The fourth-order valence-electron chi connectivity index (χ4n) is 1.41. The molecule has 0 fully saturated rings. The van der Waals surface area contributed by atoms with Gasteiger partial charge in [0.1, 0.15) is 18.0 Å². The van der Waals surface area contributed by atoms with Gasteiger partial charge in [0.05, 0.1) is 17.7 Å². The molecule has 0 aromatic heterocycles. The number of nitrogen functional groups attached to an aromatic ring is 1. The molecule has 0 unspecified atom stereocenters. The van der Waals surface area contributed by atoms with Crippen molar-refractivity contribution in [3.8, 4) is 5.75 Å². The van der Waals surface area contributed by atoms with E-state index in [-0.39, 0.29) is 16.3 Å². The molecule has 118 valence electrons. The van der Waals surface area contributed by atoms with E-state index in [1.807, 2.05) is 0 Å². The van der Waals surface area contributed by atoms with Gasteiger partial charge in [-0.15, -0.1) is 0 Å². The van der Waals surface area contributed by atoms with Crippen molar-refractivity contribution >= 4 is 21.4 Å². The van der Waals surface area contributed by atoms with Crippen molar-refractivity contribution in [3.63, 3.8) is 0 Å². The smallest absolute Gasteiger partial charge is 0.405 e. The van der Waals surface area contributed by atoms with Crippen LogP contribution < -0.4 is 15.8 Å². The Balaban J connectivity index is 2.89. The molecule has 0 bridgehead atoms. The number of alkyl halides is 3. The van der Waals surface area contributed by atoms with Gasteiger partial charge in [0.2, 0.25) is 5.91 Å². The SMILES string of the molecule is COc1ccc(N)c(S(=O)(=O)CC(=O)NCC(F)(F)F)c1. The van der Waals surface area contributed by atoms with Crippen LogP contribution in [0.4, 0.5) is 18.9 Å². The Morgan fingerprint density at radius 1 is 1.38 bits per heavy atom. The number of sulfone groups is 1. The first-order valence-corrected chi connectivity index (χ1v) is 7.20. The Morgan fingerprint density at radius 3 is 2.52 bits per heavy atom. The fraction of sp³-hybridized carbons (Fsp3) is 0.364. The lowest BCUT2D eigenvalue weighted by Crippen LogP contribution is -2.37. The zero-order valence-electron chi connectivity index (χ0n) is 10.9. The van der Waals surface area contributed by atoms with E-state index in [4.69, 9.17) is 10.5 Å². The molecule has 1 rings (SSSR count). The first-order chi connectivity index (χ1) is 9.55. The summed E-state index contributed by atoms with van der Waals surface area (Å²) >= 11 is 0. The van der Waals surface area contributed by atoms with Gasteiger partial charge in [-0.1, -0.05) is 0 Å². The molecule has 10 heteroatoms. The minimum atomic E-state index is -4.62. The van der Waals surface area contributed by atoms with Crippen LogP contribution in [0.15, 0.2) is 23.1 Å². The van der Waals surface area contributed by atoms with Gasteiger partial charge >= 0.3 is 6.18 Å². The quantitative estimate of drug-likeness (QED) is 0.777. The number of carbonyl (C=O) groups is 1. The highest BCUT2D eigenvalue weighted by atomic mass is 32.2. The van der Waals surface area contributed by atoms with E-state index < -0.39 is 34.2 Å². The van der Waals surface area contributed by atoms with E-state index >= 15 is 0 Å². The van der Waals surface area contributed by atoms with Gasteiger partial charge < -0.3 is 15.8 Å². The largest absolute Gasteiger partial charge is 0.497 e. The third-order valence-electron chi connectivity index (χ3n) is 2.36. The van der Waals surface area contributed by atoms with Crippen LogP contribution in [-0.4, -0.2) is 39.9 Å². The van der Waals surface area contributed by atoms with E-state index in [0.717, 1.165) is 6.07 Å². The van der Waals surface area contributed by atoms with Crippen LogP contribution in [0.25, 0.3) is 0 Å². The maximum Gasteiger partial charge on any atom is 0.405 e. The molecule has 0 heterocycles. The lowest BCUT2D eigenvalue weighted by molar-refractivity contribution is -0.137. The fourth-order valence-corrected chi connectivity index (χ4v) is 2.74. The number of amides is 1. The summed E-state index contributed by atoms with van der Waals surface area (Å²) in [5.41, 5.74) is 5.38. The van der Waals surface area contributed by atoms with Crippen LogP contribution in [0.1, 0.15) is 0 Å². The molecule has 3 N–H and O–H groups in total. The Morgan fingerprint density at radius 2 is 2.00 bits per heavy atom.